The zero-order chi connectivity index (χ0) is 24.2. The van der Waals surface area contributed by atoms with Gasteiger partial charge in [-0.25, -0.2) is 10.3 Å². The fourth-order valence-corrected chi connectivity index (χ4v) is 2.06. The van der Waals surface area contributed by atoms with Gasteiger partial charge in [0.2, 0.25) is 6.19 Å². The first-order valence-electron chi connectivity index (χ1n) is 9.60. The van der Waals surface area contributed by atoms with Gasteiger partial charge in [0.1, 0.15) is 17.2 Å². The Bertz CT molecular complexity index is 1020. The van der Waals surface area contributed by atoms with Gasteiger partial charge in [-0.3, -0.25) is 0 Å². The molecule has 0 aliphatic rings. The Hall–Kier alpha value is -4.86. The lowest BCUT2D eigenvalue weighted by molar-refractivity contribution is 0.386. The molecule has 9 nitrogen and oxygen atoms in total. The lowest BCUT2D eigenvalue weighted by atomic mass is 10.3. The average molecular weight is 448 g/mol. The zero-order valence-electron chi connectivity index (χ0n) is 18.3. The van der Waals surface area contributed by atoms with E-state index in [2.05, 4.69) is 21.0 Å². The highest BCUT2D eigenvalue weighted by Gasteiger charge is 2.05. The molecule has 0 radical (unpaired) electrons. The van der Waals surface area contributed by atoms with E-state index in [1.807, 2.05) is 54.6 Å². The van der Waals surface area contributed by atoms with Gasteiger partial charge in [-0.05, 0) is 43.4 Å². The molecular weight excluding hydrogens is 420 g/mol. The summed E-state index contributed by atoms with van der Waals surface area (Å²) in [5.41, 5.74) is 4.50. The summed E-state index contributed by atoms with van der Waals surface area (Å²) in [5.74, 6) is 1.76. The van der Waals surface area contributed by atoms with E-state index in [-0.39, 0.29) is 13.5 Å². The van der Waals surface area contributed by atoms with Gasteiger partial charge in [0.15, 0.2) is 6.19 Å². The summed E-state index contributed by atoms with van der Waals surface area (Å²) in [5, 5.41) is 19.2. The third-order valence-corrected chi connectivity index (χ3v) is 3.36. The van der Waals surface area contributed by atoms with Gasteiger partial charge in [-0.15, -0.1) is 0 Å². The first-order chi connectivity index (χ1) is 16.2. The molecule has 170 valence electrons. The summed E-state index contributed by atoms with van der Waals surface area (Å²) < 4.78 is 15.9. The number of aliphatic imine (C=N–C) groups is 2. The number of para-hydroxylation sites is 3. The molecule has 9 heteroatoms. The molecule has 0 unspecified atom stereocenters. The standard InChI is InChI=1S/C14H10N2O2.C9H9N3O.CH5N.H2/c15-11-16-14(17-12-7-3-1-4-8-12)18-13-9-5-2-6-10-13;1-11-9(12-7-10)13-8-5-3-2-4-6-8;1-2;/h1-10H;2-6H,1H3,(H,11,12);2H2,1H3;1H/i;;;1+1. The maximum atomic E-state index is 8.60. The summed E-state index contributed by atoms with van der Waals surface area (Å²) in [6, 6.07) is 27.3. The quantitative estimate of drug-likeness (QED) is 0.268. The molecule has 0 heterocycles. The summed E-state index contributed by atoms with van der Waals surface area (Å²) in [6.45, 7) is 0. The van der Waals surface area contributed by atoms with Crippen LogP contribution < -0.4 is 25.3 Å². The predicted molar refractivity (Wildman–Crippen MR) is 129 cm³/mol. The summed E-state index contributed by atoms with van der Waals surface area (Å²) in [6.07, 6.45) is 3.28. The Balaban J connectivity index is 0.000000606. The molecule has 3 aromatic rings. The van der Waals surface area contributed by atoms with Gasteiger partial charge >= 0.3 is 12.1 Å². The lowest BCUT2D eigenvalue weighted by Gasteiger charge is -2.07. The Kier molecular flexibility index (Phi) is 13.4. The Morgan fingerprint density at radius 1 is 0.758 bits per heavy atom. The number of hydrogen-bond donors (Lipinski definition) is 2. The highest BCUT2D eigenvalue weighted by atomic mass is 16.7. The van der Waals surface area contributed by atoms with Crippen LogP contribution in [-0.2, 0) is 0 Å². The maximum Gasteiger partial charge on any atom is 0.410 e. The van der Waals surface area contributed by atoms with Crippen LogP contribution in [0, 0.1) is 22.9 Å². The number of nitrogens with two attached hydrogens (primary N) is 1. The second kappa shape index (κ2) is 16.9. The fraction of sp³-hybridized carbons (Fsp3) is 0.0833. The van der Waals surface area contributed by atoms with E-state index < -0.39 is 0 Å². The van der Waals surface area contributed by atoms with Crippen molar-refractivity contribution in [1.82, 2.24) is 5.32 Å². The molecule has 0 fully saturated rings. The number of nitrogens with zero attached hydrogens (tertiary/aromatic N) is 4. The van der Waals surface area contributed by atoms with Crippen molar-refractivity contribution >= 4 is 12.1 Å². The minimum absolute atomic E-state index is 0. The van der Waals surface area contributed by atoms with Gasteiger partial charge < -0.3 is 19.9 Å². The molecule has 0 spiro atoms. The highest BCUT2D eigenvalue weighted by molar-refractivity contribution is 5.77. The Morgan fingerprint density at radius 3 is 1.48 bits per heavy atom. The topological polar surface area (TPSA) is 138 Å². The molecular formula is C24H26N6O3. The molecule has 0 amide bonds. The molecule has 3 aromatic carbocycles. The van der Waals surface area contributed by atoms with E-state index >= 15 is 0 Å². The van der Waals surface area contributed by atoms with E-state index in [0.29, 0.717) is 17.2 Å². The third kappa shape index (κ3) is 11.2. The van der Waals surface area contributed by atoms with Crippen LogP contribution in [0.3, 0.4) is 0 Å². The molecule has 3 rings (SSSR count). The van der Waals surface area contributed by atoms with Crippen LogP contribution in [0.15, 0.2) is 101 Å². The first kappa shape index (κ1) is 26.2. The van der Waals surface area contributed by atoms with Crippen molar-refractivity contribution in [2.45, 2.75) is 0 Å². The summed E-state index contributed by atoms with van der Waals surface area (Å²) in [4.78, 5) is 7.23. The molecule has 0 aromatic heterocycles. The smallest absolute Gasteiger partial charge is 0.410 e. The second-order valence-electron chi connectivity index (χ2n) is 5.49. The Morgan fingerprint density at radius 2 is 1.15 bits per heavy atom. The number of hydrogen-bond acceptors (Lipinski definition) is 8. The lowest BCUT2D eigenvalue weighted by Crippen LogP contribution is -2.23. The van der Waals surface area contributed by atoms with Crippen molar-refractivity contribution in [3.05, 3.63) is 91.0 Å². The third-order valence-electron chi connectivity index (χ3n) is 3.36. The van der Waals surface area contributed by atoms with Crippen molar-refractivity contribution in [3.8, 4) is 29.6 Å². The molecule has 0 saturated heterocycles. The molecule has 3 N–H and O–H groups in total. The van der Waals surface area contributed by atoms with Crippen LogP contribution >= 0.6 is 0 Å². The Labute approximate surface area is 194 Å². The minimum Gasteiger partial charge on any atom is -0.425 e. The van der Waals surface area contributed by atoms with Gasteiger partial charge in [-0.1, -0.05) is 59.6 Å². The highest BCUT2D eigenvalue weighted by Crippen LogP contribution is 2.13. The monoisotopic (exact) mass is 447 g/mol. The normalized spacial score (nSPS) is 9.18. The summed E-state index contributed by atoms with van der Waals surface area (Å²) >= 11 is 0. The maximum absolute atomic E-state index is 8.60. The molecule has 0 bridgehead atoms. The van der Waals surface area contributed by atoms with E-state index in [1.165, 1.54) is 7.05 Å². The fourth-order valence-electron chi connectivity index (χ4n) is 2.06. The van der Waals surface area contributed by atoms with Gasteiger partial charge in [0, 0.05) is 8.47 Å². The van der Waals surface area contributed by atoms with Gasteiger partial charge in [0.05, 0.1) is 0 Å². The van der Waals surface area contributed by atoms with E-state index in [4.69, 9.17) is 24.7 Å². The number of amidine groups is 1. The molecule has 0 aliphatic carbocycles. The van der Waals surface area contributed by atoms with Crippen molar-refractivity contribution in [2.24, 2.45) is 15.7 Å². The first-order valence-corrected chi connectivity index (χ1v) is 9.60. The predicted octanol–water partition coefficient (Wildman–Crippen LogP) is 3.92. The van der Waals surface area contributed by atoms with E-state index in [0.717, 1.165) is 0 Å². The number of nitriles is 2. The van der Waals surface area contributed by atoms with E-state index in [9.17, 15) is 0 Å². The summed E-state index contributed by atoms with van der Waals surface area (Å²) in [7, 11) is 3.04. The van der Waals surface area contributed by atoms with Crippen LogP contribution in [0.4, 0.5) is 0 Å². The molecule has 0 aliphatic heterocycles. The number of benzene rings is 3. The van der Waals surface area contributed by atoms with Crippen molar-refractivity contribution in [1.29, 1.82) is 10.5 Å². The van der Waals surface area contributed by atoms with Crippen molar-refractivity contribution < 1.29 is 15.6 Å². The largest absolute Gasteiger partial charge is 0.425 e. The SMILES string of the molecule is CN.CN=C(NC#N)Oc1ccccc1.N#CN=C(Oc1ccccc1)Oc1ccccc1.[2HH]. The zero-order valence-corrected chi connectivity index (χ0v) is 18.3. The molecule has 33 heavy (non-hydrogen) atoms. The molecule has 0 saturated carbocycles. The van der Waals surface area contributed by atoms with Gasteiger partial charge in [-0.2, -0.15) is 10.5 Å². The van der Waals surface area contributed by atoms with Crippen LogP contribution in [-0.4, -0.2) is 26.2 Å². The van der Waals surface area contributed by atoms with Gasteiger partial charge in [0.25, 0.3) is 0 Å². The van der Waals surface area contributed by atoms with Crippen molar-refractivity contribution in [3.63, 3.8) is 0 Å². The van der Waals surface area contributed by atoms with Crippen molar-refractivity contribution in [2.75, 3.05) is 14.1 Å². The second-order valence-corrected chi connectivity index (χ2v) is 5.49. The number of ether oxygens (including phenoxy) is 3. The van der Waals surface area contributed by atoms with Crippen LogP contribution in [0.2, 0.25) is 0 Å². The van der Waals surface area contributed by atoms with E-state index in [1.54, 1.807) is 55.8 Å². The minimum atomic E-state index is -0.102. The van der Waals surface area contributed by atoms with Crippen LogP contribution in [0.25, 0.3) is 0 Å². The number of rotatable bonds is 3. The molecule has 0 atom stereocenters. The number of nitrogens with one attached hydrogen (secondary N) is 1. The average Bonchev–Trinajstić information content (AvgIpc) is 2.87. The van der Waals surface area contributed by atoms with Crippen LogP contribution in [0.5, 0.6) is 17.2 Å². The van der Waals surface area contributed by atoms with Crippen LogP contribution in [0.1, 0.15) is 1.43 Å².